The number of halogens is 1. The first-order chi connectivity index (χ1) is 21.5. The summed E-state index contributed by atoms with van der Waals surface area (Å²) >= 11 is 0. The molecule has 232 valence electrons. The molecule has 0 spiro atoms. The quantitative estimate of drug-likeness (QED) is 0.443. The third-order valence-electron chi connectivity index (χ3n) is 10.4. The maximum atomic E-state index is 14.5. The van der Waals surface area contributed by atoms with Gasteiger partial charge in [0.1, 0.15) is 18.6 Å². The Labute approximate surface area is 258 Å². The summed E-state index contributed by atoms with van der Waals surface area (Å²) in [6.45, 7) is 8.41. The summed E-state index contributed by atoms with van der Waals surface area (Å²) < 4.78 is 20.9. The van der Waals surface area contributed by atoms with Crippen molar-refractivity contribution in [2.75, 3.05) is 55.7 Å². The highest BCUT2D eigenvalue weighted by molar-refractivity contribution is 5.87. The average Bonchev–Trinajstić information content (AvgIpc) is 3.58. The van der Waals surface area contributed by atoms with Crippen LogP contribution in [-0.4, -0.2) is 94.3 Å². The number of nitriles is 1. The van der Waals surface area contributed by atoms with Crippen molar-refractivity contribution in [3.05, 3.63) is 47.4 Å². The van der Waals surface area contributed by atoms with Crippen LogP contribution in [0.25, 0.3) is 0 Å². The standard InChI is InChI=1S/C33H41FN8O2/c1-2-30(43)42-15-14-40(20-25(42)8-11-35)31-27-9-13-39(29-18-36-17-23-6-3-4-7-26(23)29)21-28(27)37-32(38-31)44-22-33-10-5-12-41(33)19-24(34)16-33/h2,17-18,24-25H,1,3-10,12-16,19-22H2/t24-,25+,33+/m1/s1. The van der Waals surface area contributed by atoms with Crippen LogP contribution in [0.4, 0.5) is 15.9 Å². The predicted octanol–water partition coefficient (Wildman–Crippen LogP) is 3.39. The molecule has 3 fully saturated rings. The lowest BCUT2D eigenvalue weighted by Crippen LogP contribution is -2.55. The number of amides is 1. The van der Waals surface area contributed by atoms with Gasteiger partial charge in [0.2, 0.25) is 5.91 Å². The van der Waals surface area contributed by atoms with E-state index in [-0.39, 0.29) is 23.9 Å². The molecule has 2 aromatic heterocycles. The molecule has 44 heavy (non-hydrogen) atoms. The number of ether oxygens (including phenoxy) is 1. The first-order valence-corrected chi connectivity index (χ1v) is 16.2. The molecule has 1 aliphatic carbocycles. The monoisotopic (exact) mass is 600 g/mol. The summed E-state index contributed by atoms with van der Waals surface area (Å²) in [6, 6.07) is 2.31. The van der Waals surface area contributed by atoms with Crippen LogP contribution < -0.4 is 14.5 Å². The minimum Gasteiger partial charge on any atom is -0.461 e. The lowest BCUT2D eigenvalue weighted by atomic mass is 9.91. The van der Waals surface area contributed by atoms with Crippen LogP contribution in [0.2, 0.25) is 0 Å². The third-order valence-corrected chi connectivity index (χ3v) is 10.4. The predicted molar refractivity (Wildman–Crippen MR) is 164 cm³/mol. The zero-order valence-corrected chi connectivity index (χ0v) is 25.4. The maximum absolute atomic E-state index is 14.5. The van der Waals surface area contributed by atoms with Crippen molar-refractivity contribution in [2.24, 2.45) is 0 Å². The molecule has 2 aromatic rings. The number of carbonyl (C=O) groups is 1. The second-order valence-electron chi connectivity index (χ2n) is 13.0. The highest BCUT2D eigenvalue weighted by Crippen LogP contribution is 2.41. The molecule has 0 unspecified atom stereocenters. The van der Waals surface area contributed by atoms with Gasteiger partial charge in [-0.1, -0.05) is 6.58 Å². The summed E-state index contributed by atoms with van der Waals surface area (Å²) in [7, 11) is 0. The summed E-state index contributed by atoms with van der Waals surface area (Å²) in [5.74, 6) is 0.666. The zero-order valence-electron chi connectivity index (χ0n) is 25.4. The lowest BCUT2D eigenvalue weighted by Gasteiger charge is -2.42. The SMILES string of the molecule is C=CC(=O)N1CCN(c2nc(OC[C@@]34CCCN3C[C@H](F)C4)nc3c2CCN(c2cncc4c2CCCC4)C3)C[C@@H]1CC#N. The van der Waals surface area contributed by atoms with Crippen molar-refractivity contribution in [2.45, 2.75) is 82.1 Å². The van der Waals surface area contributed by atoms with E-state index < -0.39 is 6.17 Å². The molecular weight excluding hydrogens is 559 g/mol. The molecule has 0 aromatic carbocycles. The van der Waals surface area contributed by atoms with Gasteiger partial charge in [-0.05, 0) is 68.7 Å². The fourth-order valence-electron chi connectivity index (χ4n) is 8.22. The first kappa shape index (κ1) is 29.0. The van der Waals surface area contributed by atoms with E-state index in [1.165, 1.54) is 35.7 Å². The molecular formula is C33H41FN8O2. The Morgan fingerprint density at radius 2 is 1.98 bits per heavy atom. The van der Waals surface area contributed by atoms with Crippen molar-refractivity contribution in [1.82, 2.24) is 24.8 Å². The minimum absolute atomic E-state index is 0.155. The number of pyridine rings is 1. The fraction of sp³-hybridized carbons (Fsp3) is 0.606. The number of anilines is 2. The summed E-state index contributed by atoms with van der Waals surface area (Å²) in [4.78, 5) is 35.7. The Balaban J connectivity index is 1.21. The van der Waals surface area contributed by atoms with E-state index in [0.717, 1.165) is 62.3 Å². The smallest absolute Gasteiger partial charge is 0.318 e. The van der Waals surface area contributed by atoms with E-state index in [4.69, 9.17) is 14.7 Å². The highest BCUT2D eigenvalue weighted by atomic mass is 19.1. The zero-order chi connectivity index (χ0) is 30.3. The van der Waals surface area contributed by atoms with Gasteiger partial charge in [0.05, 0.1) is 48.2 Å². The van der Waals surface area contributed by atoms with Crippen molar-refractivity contribution in [3.63, 3.8) is 0 Å². The molecule has 3 saturated heterocycles. The summed E-state index contributed by atoms with van der Waals surface area (Å²) in [6.07, 6.45) is 12.5. The average molecular weight is 601 g/mol. The highest BCUT2D eigenvalue weighted by Gasteiger charge is 2.49. The number of aromatic nitrogens is 3. The van der Waals surface area contributed by atoms with Gasteiger partial charge < -0.3 is 19.4 Å². The van der Waals surface area contributed by atoms with Crippen molar-refractivity contribution < 1.29 is 13.9 Å². The molecule has 5 aliphatic rings. The molecule has 0 radical (unpaired) electrons. The largest absolute Gasteiger partial charge is 0.461 e. The Kier molecular flexibility index (Phi) is 7.87. The van der Waals surface area contributed by atoms with Gasteiger partial charge in [-0.3, -0.25) is 14.7 Å². The summed E-state index contributed by atoms with van der Waals surface area (Å²) in [5, 5.41) is 9.55. The van der Waals surface area contributed by atoms with E-state index >= 15 is 0 Å². The Morgan fingerprint density at radius 1 is 1.09 bits per heavy atom. The molecule has 0 N–H and O–H groups in total. The van der Waals surface area contributed by atoms with E-state index in [2.05, 4.69) is 32.3 Å². The molecule has 10 nitrogen and oxygen atoms in total. The van der Waals surface area contributed by atoms with E-state index in [9.17, 15) is 14.4 Å². The van der Waals surface area contributed by atoms with E-state index in [1.807, 2.05) is 12.4 Å². The van der Waals surface area contributed by atoms with Crippen LogP contribution in [0.5, 0.6) is 6.01 Å². The second-order valence-corrected chi connectivity index (χ2v) is 13.0. The van der Waals surface area contributed by atoms with Gasteiger partial charge >= 0.3 is 6.01 Å². The number of hydrogen-bond donors (Lipinski definition) is 0. The lowest BCUT2D eigenvalue weighted by molar-refractivity contribution is -0.128. The minimum atomic E-state index is -0.829. The molecule has 6 heterocycles. The molecule has 0 bridgehead atoms. The normalized spacial score (nSPS) is 26.5. The summed E-state index contributed by atoms with van der Waals surface area (Å²) in [5.41, 5.74) is 5.68. The van der Waals surface area contributed by atoms with Crippen LogP contribution >= 0.6 is 0 Å². The molecule has 11 heteroatoms. The number of hydrogen-bond acceptors (Lipinski definition) is 9. The Hall–Kier alpha value is -3.78. The number of nitrogens with zero attached hydrogens (tertiary/aromatic N) is 8. The molecule has 4 aliphatic heterocycles. The number of aryl methyl sites for hydroxylation is 1. The van der Waals surface area contributed by atoms with Gasteiger partial charge in [-0.25, -0.2) is 4.39 Å². The molecule has 1 amide bonds. The number of piperazine rings is 1. The van der Waals surface area contributed by atoms with Crippen LogP contribution in [-0.2, 0) is 30.6 Å². The molecule has 3 atom stereocenters. The van der Waals surface area contributed by atoms with E-state index in [1.54, 1.807) is 4.90 Å². The number of carbonyl (C=O) groups excluding carboxylic acids is 1. The topological polar surface area (TPSA) is 102 Å². The van der Waals surface area contributed by atoms with Crippen LogP contribution in [0.3, 0.4) is 0 Å². The van der Waals surface area contributed by atoms with Gasteiger partial charge in [0.15, 0.2) is 0 Å². The van der Waals surface area contributed by atoms with Crippen LogP contribution in [0.15, 0.2) is 25.0 Å². The van der Waals surface area contributed by atoms with Crippen LogP contribution in [0, 0.1) is 11.3 Å². The number of alkyl halides is 1. The maximum Gasteiger partial charge on any atom is 0.318 e. The fourth-order valence-corrected chi connectivity index (χ4v) is 8.22. The Bertz CT molecular complexity index is 1480. The van der Waals surface area contributed by atoms with Gasteiger partial charge in [0, 0.05) is 50.9 Å². The van der Waals surface area contributed by atoms with Gasteiger partial charge in [-0.2, -0.15) is 15.2 Å². The number of fused-ring (bicyclic) bond motifs is 3. The van der Waals surface area contributed by atoms with Gasteiger partial charge in [-0.15, -0.1) is 0 Å². The van der Waals surface area contributed by atoms with Gasteiger partial charge in [0.25, 0.3) is 0 Å². The Morgan fingerprint density at radius 3 is 2.84 bits per heavy atom. The van der Waals surface area contributed by atoms with Crippen molar-refractivity contribution in [3.8, 4) is 12.1 Å². The third kappa shape index (κ3) is 5.27. The van der Waals surface area contributed by atoms with Crippen molar-refractivity contribution >= 4 is 17.4 Å². The first-order valence-electron chi connectivity index (χ1n) is 16.2. The molecule has 0 saturated carbocycles. The number of rotatable bonds is 7. The second kappa shape index (κ2) is 12.0. The molecule has 7 rings (SSSR count). The van der Waals surface area contributed by atoms with Crippen LogP contribution in [0.1, 0.15) is 60.9 Å². The van der Waals surface area contributed by atoms with Crippen molar-refractivity contribution in [1.29, 1.82) is 5.26 Å². The van der Waals surface area contributed by atoms with E-state index in [0.29, 0.717) is 51.8 Å².